The van der Waals surface area contributed by atoms with Gasteiger partial charge in [-0.3, -0.25) is 4.90 Å². The Bertz CT molecular complexity index is 483. The number of aromatic nitrogens is 1. The van der Waals surface area contributed by atoms with Crippen LogP contribution in [-0.4, -0.2) is 29.7 Å². The molecule has 0 amide bonds. The maximum Gasteiger partial charge on any atom is 0.150 e. The van der Waals surface area contributed by atoms with Crippen molar-refractivity contribution in [3.63, 3.8) is 0 Å². The highest BCUT2D eigenvalue weighted by Gasteiger charge is 2.19. The minimum absolute atomic E-state index is 0.395. The molecule has 1 aromatic heterocycles. The summed E-state index contributed by atoms with van der Waals surface area (Å²) in [4.78, 5) is 2.43. The van der Waals surface area contributed by atoms with Crippen LogP contribution in [0.5, 0.6) is 0 Å². The van der Waals surface area contributed by atoms with Crippen LogP contribution in [0.3, 0.4) is 0 Å². The molecule has 4 heteroatoms. The molecule has 0 saturated carbocycles. The highest BCUT2D eigenvalue weighted by Crippen LogP contribution is 2.18. The van der Waals surface area contributed by atoms with Crippen LogP contribution in [0.15, 0.2) is 47.1 Å². The molecule has 2 heterocycles. The number of benzene rings is 1. The van der Waals surface area contributed by atoms with Crippen LogP contribution in [0.1, 0.15) is 23.8 Å². The molecule has 1 N–H and O–H groups in total. The van der Waals surface area contributed by atoms with Gasteiger partial charge in [-0.05, 0) is 25.1 Å². The first-order valence-electron chi connectivity index (χ1n) is 6.82. The van der Waals surface area contributed by atoms with Crippen molar-refractivity contribution in [2.75, 3.05) is 19.6 Å². The minimum atomic E-state index is 0.395. The van der Waals surface area contributed by atoms with Gasteiger partial charge in [-0.25, -0.2) is 0 Å². The molecular formula is C15H19N3O. The van der Waals surface area contributed by atoms with Crippen LogP contribution in [-0.2, 0) is 6.54 Å². The molecule has 1 fully saturated rings. The van der Waals surface area contributed by atoms with Crippen LogP contribution in [0, 0.1) is 0 Å². The van der Waals surface area contributed by atoms with Crippen LogP contribution in [0.2, 0.25) is 0 Å². The van der Waals surface area contributed by atoms with Crippen molar-refractivity contribution in [3.8, 4) is 0 Å². The summed E-state index contributed by atoms with van der Waals surface area (Å²) < 4.78 is 5.21. The average Bonchev–Trinajstić information content (AvgIpc) is 2.84. The number of nitrogens with one attached hydrogen (secondary N) is 1. The highest BCUT2D eigenvalue weighted by atomic mass is 16.5. The quantitative estimate of drug-likeness (QED) is 0.915. The van der Waals surface area contributed by atoms with Crippen LogP contribution < -0.4 is 5.32 Å². The van der Waals surface area contributed by atoms with E-state index in [9.17, 15) is 0 Å². The Morgan fingerprint density at radius 1 is 1.26 bits per heavy atom. The summed E-state index contributed by atoms with van der Waals surface area (Å²) >= 11 is 0. The fourth-order valence-corrected chi connectivity index (χ4v) is 2.59. The van der Waals surface area contributed by atoms with Gasteiger partial charge >= 0.3 is 0 Å². The molecule has 3 rings (SSSR count). The third-order valence-electron chi connectivity index (χ3n) is 3.56. The van der Waals surface area contributed by atoms with Gasteiger partial charge in [0, 0.05) is 18.7 Å². The molecule has 4 nitrogen and oxygen atoms in total. The number of hydrogen-bond donors (Lipinski definition) is 1. The normalized spacial score (nSPS) is 21.2. The van der Waals surface area contributed by atoms with E-state index in [1.54, 1.807) is 6.20 Å². The van der Waals surface area contributed by atoms with Crippen molar-refractivity contribution in [3.05, 3.63) is 53.9 Å². The van der Waals surface area contributed by atoms with Gasteiger partial charge in [0.25, 0.3) is 0 Å². The van der Waals surface area contributed by atoms with Gasteiger partial charge in [0.05, 0.1) is 12.7 Å². The Morgan fingerprint density at radius 3 is 2.95 bits per heavy atom. The largest absolute Gasteiger partial charge is 0.360 e. The van der Waals surface area contributed by atoms with Gasteiger partial charge in [0.1, 0.15) is 0 Å². The average molecular weight is 257 g/mol. The van der Waals surface area contributed by atoms with Gasteiger partial charge in [-0.2, -0.15) is 0 Å². The van der Waals surface area contributed by atoms with Crippen LogP contribution >= 0.6 is 0 Å². The summed E-state index contributed by atoms with van der Waals surface area (Å²) in [6.07, 6.45) is 2.87. The first-order chi connectivity index (χ1) is 9.42. The lowest BCUT2D eigenvalue weighted by molar-refractivity contribution is 0.228. The van der Waals surface area contributed by atoms with E-state index in [4.69, 9.17) is 4.52 Å². The molecule has 2 aromatic rings. The van der Waals surface area contributed by atoms with E-state index >= 15 is 0 Å². The molecule has 1 atom stereocenters. The molecule has 1 aliphatic heterocycles. The van der Waals surface area contributed by atoms with Crippen molar-refractivity contribution in [2.45, 2.75) is 19.0 Å². The summed E-state index contributed by atoms with van der Waals surface area (Å²) in [6.45, 7) is 4.00. The Balaban J connectivity index is 1.69. The van der Waals surface area contributed by atoms with E-state index < -0.39 is 0 Å². The maximum absolute atomic E-state index is 5.21. The lowest BCUT2D eigenvalue weighted by Gasteiger charge is -2.23. The van der Waals surface area contributed by atoms with Crippen molar-refractivity contribution in [1.82, 2.24) is 15.4 Å². The van der Waals surface area contributed by atoms with Gasteiger partial charge < -0.3 is 9.84 Å². The zero-order valence-electron chi connectivity index (χ0n) is 11.0. The van der Waals surface area contributed by atoms with Gasteiger partial charge in [0.2, 0.25) is 0 Å². The predicted octanol–water partition coefficient (Wildman–Crippen LogP) is 2.21. The smallest absolute Gasteiger partial charge is 0.150 e. The van der Waals surface area contributed by atoms with E-state index in [-0.39, 0.29) is 0 Å². The second-order valence-corrected chi connectivity index (χ2v) is 4.98. The molecule has 19 heavy (non-hydrogen) atoms. The number of rotatable bonds is 3. The highest BCUT2D eigenvalue weighted by molar-refractivity contribution is 5.19. The lowest BCUT2D eigenvalue weighted by atomic mass is 10.1. The second-order valence-electron chi connectivity index (χ2n) is 4.98. The third-order valence-corrected chi connectivity index (χ3v) is 3.56. The Morgan fingerprint density at radius 2 is 2.16 bits per heavy atom. The summed E-state index contributed by atoms with van der Waals surface area (Å²) in [5, 5.41) is 7.39. The summed E-state index contributed by atoms with van der Waals surface area (Å²) in [5.41, 5.74) is 1.35. The van der Waals surface area contributed by atoms with Gasteiger partial charge in [-0.1, -0.05) is 35.5 Å². The van der Waals surface area contributed by atoms with E-state index in [0.717, 1.165) is 38.4 Å². The minimum Gasteiger partial charge on any atom is -0.360 e. The zero-order chi connectivity index (χ0) is 12.9. The van der Waals surface area contributed by atoms with E-state index in [0.29, 0.717) is 6.04 Å². The molecule has 100 valence electrons. The fraction of sp³-hybridized carbons (Fsp3) is 0.400. The Labute approximate surface area is 113 Å². The summed E-state index contributed by atoms with van der Waals surface area (Å²) in [6, 6.07) is 13.0. The van der Waals surface area contributed by atoms with E-state index in [1.807, 2.05) is 6.07 Å². The van der Waals surface area contributed by atoms with Crippen molar-refractivity contribution >= 4 is 0 Å². The molecule has 0 spiro atoms. The van der Waals surface area contributed by atoms with E-state index in [2.05, 4.69) is 45.7 Å². The van der Waals surface area contributed by atoms with Crippen LogP contribution in [0.4, 0.5) is 0 Å². The first kappa shape index (κ1) is 12.4. The predicted molar refractivity (Wildman–Crippen MR) is 73.6 cm³/mol. The third kappa shape index (κ3) is 3.22. The Hall–Kier alpha value is -1.65. The van der Waals surface area contributed by atoms with E-state index in [1.165, 1.54) is 5.56 Å². The fourth-order valence-electron chi connectivity index (χ4n) is 2.59. The molecule has 1 unspecified atom stereocenters. The summed E-state index contributed by atoms with van der Waals surface area (Å²) in [7, 11) is 0. The molecular weight excluding hydrogens is 238 g/mol. The second kappa shape index (κ2) is 5.99. The maximum atomic E-state index is 5.21. The van der Waals surface area contributed by atoms with Crippen molar-refractivity contribution in [2.24, 2.45) is 0 Å². The molecule has 1 aliphatic rings. The zero-order valence-corrected chi connectivity index (χ0v) is 11.0. The topological polar surface area (TPSA) is 41.3 Å². The van der Waals surface area contributed by atoms with Gasteiger partial charge in [-0.15, -0.1) is 0 Å². The number of nitrogens with zero attached hydrogens (tertiary/aromatic N) is 2. The molecule has 0 radical (unpaired) electrons. The summed E-state index contributed by atoms with van der Waals surface area (Å²) in [5.74, 6) is 0.939. The number of hydrogen-bond acceptors (Lipinski definition) is 4. The monoisotopic (exact) mass is 257 g/mol. The SMILES string of the molecule is c1ccc(C2CN(Cc3ccno3)CCCN2)cc1. The first-order valence-corrected chi connectivity index (χ1v) is 6.82. The molecule has 0 aliphatic carbocycles. The molecule has 1 saturated heterocycles. The van der Waals surface area contributed by atoms with Crippen molar-refractivity contribution in [1.29, 1.82) is 0 Å². The lowest BCUT2D eigenvalue weighted by Crippen LogP contribution is -2.31. The molecule has 0 bridgehead atoms. The molecule has 1 aromatic carbocycles. The van der Waals surface area contributed by atoms with Crippen molar-refractivity contribution < 1.29 is 4.52 Å². The van der Waals surface area contributed by atoms with Gasteiger partial charge in [0.15, 0.2) is 5.76 Å². The Kier molecular flexibility index (Phi) is 3.91. The standard InChI is InChI=1S/C15H19N3O/c1-2-5-13(6-3-1)15-12-18(10-4-8-16-15)11-14-7-9-17-19-14/h1-3,5-7,9,15-16H,4,8,10-12H2. The van der Waals surface area contributed by atoms with Crippen LogP contribution in [0.25, 0.3) is 0 Å².